The van der Waals surface area contributed by atoms with Crippen LogP contribution in [0, 0.1) is 0 Å². The second-order valence-electron chi connectivity index (χ2n) is 3.22. The van der Waals surface area contributed by atoms with Crippen LogP contribution in [0.15, 0.2) is 16.5 Å². The number of hydrogen-bond acceptors (Lipinski definition) is 2. The van der Waals surface area contributed by atoms with Crippen molar-refractivity contribution in [3.8, 4) is 0 Å². The molecule has 74 valence electrons. The molecule has 13 heavy (non-hydrogen) atoms. The van der Waals surface area contributed by atoms with Crippen molar-refractivity contribution < 1.29 is 22.7 Å². The van der Waals surface area contributed by atoms with Gasteiger partial charge in [-0.15, -0.1) is 0 Å². The van der Waals surface area contributed by atoms with Gasteiger partial charge in [-0.2, -0.15) is 13.2 Å². The van der Waals surface area contributed by atoms with E-state index >= 15 is 0 Å². The molecular weight excluding hydrogens is 185 g/mol. The van der Waals surface area contributed by atoms with Crippen LogP contribution < -0.4 is 0 Å². The Bertz CT molecular complexity index is 265. The summed E-state index contributed by atoms with van der Waals surface area (Å²) in [6.07, 6.45) is -4.50. The molecule has 0 unspecified atom stereocenters. The summed E-state index contributed by atoms with van der Waals surface area (Å²) in [5.41, 5.74) is -1.39. The molecule has 5 heteroatoms. The summed E-state index contributed by atoms with van der Waals surface area (Å²) in [6.45, 7) is 2.71. The van der Waals surface area contributed by atoms with Gasteiger partial charge in [-0.1, -0.05) is 0 Å². The number of rotatable bonds is 1. The number of alkyl halides is 3. The van der Waals surface area contributed by atoms with Crippen molar-refractivity contribution in [2.75, 3.05) is 0 Å². The smallest absolute Gasteiger partial charge is 0.449 e. The van der Waals surface area contributed by atoms with Gasteiger partial charge >= 0.3 is 6.18 Å². The molecule has 1 heterocycles. The molecule has 1 rings (SSSR count). The van der Waals surface area contributed by atoms with E-state index in [1.807, 2.05) is 0 Å². The number of hydrogen-bond donors (Lipinski definition) is 1. The van der Waals surface area contributed by atoms with Gasteiger partial charge in [-0.3, -0.25) is 0 Å². The second-order valence-corrected chi connectivity index (χ2v) is 3.22. The second kappa shape index (κ2) is 2.77. The van der Waals surface area contributed by atoms with Crippen molar-refractivity contribution in [2.45, 2.75) is 25.6 Å². The molecule has 0 saturated carbocycles. The van der Waals surface area contributed by atoms with E-state index < -0.39 is 17.5 Å². The van der Waals surface area contributed by atoms with Crippen LogP contribution in [0.3, 0.4) is 0 Å². The fourth-order valence-corrected chi connectivity index (χ4v) is 0.819. The zero-order valence-corrected chi connectivity index (χ0v) is 7.14. The maximum atomic E-state index is 12.0. The summed E-state index contributed by atoms with van der Waals surface area (Å²) >= 11 is 0. The van der Waals surface area contributed by atoms with Gasteiger partial charge in [0.15, 0.2) is 0 Å². The number of furan rings is 1. The molecule has 0 atom stereocenters. The fraction of sp³-hybridized carbons (Fsp3) is 0.500. The number of halogens is 3. The molecule has 0 aliphatic carbocycles. The molecule has 0 bridgehead atoms. The van der Waals surface area contributed by atoms with Gasteiger partial charge in [0.05, 0.1) is 0 Å². The Morgan fingerprint density at radius 1 is 1.15 bits per heavy atom. The highest BCUT2D eigenvalue weighted by Crippen LogP contribution is 2.33. The van der Waals surface area contributed by atoms with Gasteiger partial charge in [-0.05, 0) is 26.0 Å². The zero-order valence-electron chi connectivity index (χ0n) is 7.14. The summed E-state index contributed by atoms with van der Waals surface area (Å²) < 4.78 is 40.5. The highest BCUT2D eigenvalue weighted by atomic mass is 19.4. The zero-order chi connectivity index (χ0) is 10.3. The van der Waals surface area contributed by atoms with Gasteiger partial charge in [0, 0.05) is 0 Å². The molecule has 0 amide bonds. The molecule has 0 aliphatic heterocycles. The lowest BCUT2D eigenvalue weighted by atomic mass is 10.1. The fourth-order valence-electron chi connectivity index (χ4n) is 0.819. The van der Waals surface area contributed by atoms with E-state index in [1.165, 1.54) is 13.8 Å². The molecule has 2 nitrogen and oxygen atoms in total. The first-order chi connectivity index (χ1) is 5.71. The Hall–Kier alpha value is -0.970. The lowest BCUT2D eigenvalue weighted by molar-refractivity contribution is -0.154. The number of aliphatic hydroxyl groups is 1. The summed E-state index contributed by atoms with van der Waals surface area (Å²) in [6, 6.07) is 1.91. The van der Waals surface area contributed by atoms with E-state index in [2.05, 4.69) is 4.42 Å². The van der Waals surface area contributed by atoms with Crippen LogP contribution in [0.2, 0.25) is 0 Å². The summed E-state index contributed by atoms with van der Waals surface area (Å²) in [5.74, 6) is -1.19. The van der Waals surface area contributed by atoms with Crippen LogP contribution in [-0.2, 0) is 11.8 Å². The summed E-state index contributed by atoms with van der Waals surface area (Å²) in [5, 5.41) is 9.31. The van der Waals surface area contributed by atoms with Crippen molar-refractivity contribution >= 4 is 0 Å². The Kier molecular flexibility index (Phi) is 2.15. The maximum Gasteiger partial charge on any atom is 0.449 e. The van der Waals surface area contributed by atoms with E-state index in [0.717, 1.165) is 12.1 Å². The maximum absolute atomic E-state index is 12.0. The molecule has 1 N–H and O–H groups in total. The molecule has 0 fully saturated rings. The quantitative estimate of drug-likeness (QED) is 0.745. The molecule has 0 saturated heterocycles. The average Bonchev–Trinajstić information content (AvgIpc) is 2.28. The van der Waals surface area contributed by atoms with Crippen molar-refractivity contribution in [3.05, 3.63) is 23.7 Å². The highest BCUT2D eigenvalue weighted by Gasteiger charge is 2.36. The van der Waals surface area contributed by atoms with Crippen LogP contribution in [-0.4, -0.2) is 5.11 Å². The molecule has 0 radical (unpaired) electrons. The van der Waals surface area contributed by atoms with Crippen molar-refractivity contribution in [3.63, 3.8) is 0 Å². The lowest BCUT2D eigenvalue weighted by Crippen LogP contribution is -2.14. The molecule has 1 aromatic heterocycles. The summed E-state index contributed by atoms with van der Waals surface area (Å²) in [7, 11) is 0. The minimum Gasteiger partial charge on any atom is -0.453 e. The Labute approximate surface area is 73.0 Å². The minimum atomic E-state index is -4.50. The molecule has 0 aliphatic rings. The van der Waals surface area contributed by atoms with Crippen molar-refractivity contribution in [1.82, 2.24) is 0 Å². The summed E-state index contributed by atoms with van der Waals surface area (Å²) in [4.78, 5) is 0. The minimum absolute atomic E-state index is 0.0974. The van der Waals surface area contributed by atoms with E-state index in [1.54, 1.807) is 0 Å². The van der Waals surface area contributed by atoms with Gasteiger partial charge < -0.3 is 9.52 Å². The molecular formula is C8H9F3O2. The van der Waals surface area contributed by atoms with Gasteiger partial charge in [0.2, 0.25) is 5.76 Å². The third-order valence-corrected chi connectivity index (χ3v) is 1.49. The van der Waals surface area contributed by atoms with Crippen molar-refractivity contribution in [2.24, 2.45) is 0 Å². The average molecular weight is 194 g/mol. The SMILES string of the molecule is CC(C)(O)c1ccc(C(F)(F)F)o1. The topological polar surface area (TPSA) is 33.4 Å². The van der Waals surface area contributed by atoms with Crippen LogP contribution in [0.5, 0.6) is 0 Å². The predicted octanol–water partition coefficient (Wildman–Crippen LogP) is 2.53. The van der Waals surface area contributed by atoms with E-state index in [0.29, 0.717) is 0 Å². The van der Waals surface area contributed by atoms with Gasteiger partial charge in [0.1, 0.15) is 11.4 Å². The van der Waals surface area contributed by atoms with Crippen LogP contribution in [0.1, 0.15) is 25.4 Å². The normalized spacial score (nSPS) is 13.4. The standard InChI is InChI=1S/C8H9F3O2/c1-7(2,12)5-3-4-6(13-5)8(9,10)11/h3-4,12H,1-2H3. The lowest BCUT2D eigenvalue weighted by Gasteiger charge is -2.13. The predicted molar refractivity (Wildman–Crippen MR) is 39.0 cm³/mol. The largest absolute Gasteiger partial charge is 0.453 e. The third-order valence-electron chi connectivity index (χ3n) is 1.49. The molecule has 0 aromatic carbocycles. The Balaban J connectivity index is 3.01. The van der Waals surface area contributed by atoms with Crippen LogP contribution in [0.4, 0.5) is 13.2 Å². The molecule has 0 spiro atoms. The molecule has 1 aromatic rings. The van der Waals surface area contributed by atoms with Crippen LogP contribution >= 0.6 is 0 Å². The van der Waals surface area contributed by atoms with E-state index in [9.17, 15) is 18.3 Å². The third kappa shape index (κ3) is 2.24. The van der Waals surface area contributed by atoms with Crippen molar-refractivity contribution in [1.29, 1.82) is 0 Å². The van der Waals surface area contributed by atoms with E-state index in [4.69, 9.17) is 0 Å². The van der Waals surface area contributed by atoms with Gasteiger partial charge in [0.25, 0.3) is 0 Å². The Morgan fingerprint density at radius 3 is 1.85 bits per heavy atom. The highest BCUT2D eigenvalue weighted by molar-refractivity contribution is 5.14. The first kappa shape index (κ1) is 10.1. The monoisotopic (exact) mass is 194 g/mol. The van der Waals surface area contributed by atoms with E-state index in [-0.39, 0.29) is 5.76 Å². The van der Waals surface area contributed by atoms with Gasteiger partial charge in [-0.25, -0.2) is 0 Å². The first-order valence-corrected chi connectivity index (χ1v) is 3.61. The Morgan fingerprint density at radius 2 is 1.62 bits per heavy atom. The van der Waals surface area contributed by atoms with Crippen LogP contribution in [0.25, 0.3) is 0 Å². The first-order valence-electron chi connectivity index (χ1n) is 3.61.